The Balaban J connectivity index is 1.18. The van der Waals surface area contributed by atoms with Gasteiger partial charge in [0.05, 0.1) is 22.7 Å². The summed E-state index contributed by atoms with van der Waals surface area (Å²) in [5, 5.41) is 9.48. The second kappa shape index (κ2) is 16.3. The van der Waals surface area contributed by atoms with E-state index in [1.807, 2.05) is 0 Å². The van der Waals surface area contributed by atoms with Gasteiger partial charge in [-0.05, 0) is 104 Å². The lowest BCUT2D eigenvalue weighted by atomic mass is 9.81. The topological polar surface area (TPSA) is 6.48 Å². The van der Waals surface area contributed by atoms with Crippen LogP contribution in [-0.4, -0.2) is 0 Å². The molecule has 0 unspecified atom stereocenters. The molecule has 1 aliphatic rings. The lowest BCUT2D eigenvalue weighted by Gasteiger charge is -2.34. The molecule has 69 heavy (non-hydrogen) atoms. The van der Waals surface area contributed by atoms with Gasteiger partial charge in [-0.1, -0.05) is 220 Å². The van der Waals surface area contributed by atoms with Gasteiger partial charge >= 0.3 is 0 Å². The third-order valence-corrected chi connectivity index (χ3v) is 14.6. The standard InChI is InChI=1S/C67H48N2/c1-67(2)61-32-16-15-29-55(61)58-43-59-60(44-62(58)67)66(69(64-34-18-26-50-24-10-12-28-54(50)64)52-41-37-48(38-42-52)46-21-7-4-8-22-46)57-31-14-13-30-56(57)65(59)68(63-33-17-25-49-23-9-11-27-53(49)63)51-39-35-47(36-40-51)45-19-5-3-6-20-45/h3-44H,1-2H3. The van der Waals surface area contributed by atoms with Gasteiger partial charge in [-0.15, -0.1) is 0 Å². The van der Waals surface area contributed by atoms with Gasteiger partial charge < -0.3 is 9.80 Å². The van der Waals surface area contributed by atoms with E-state index in [9.17, 15) is 0 Å². The highest BCUT2D eigenvalue weighted by molar-refractivity contribution is 6.25. The fourth-order valence-electron chi connectivity index (χ4n) is 11.3. The van der Waals surface area contributed by atoms with Crippen LogP contribution in [-0.2, 0) is 5.41 Å². The van der Waals surface area contributed by atoms with Crippen LogP contribution in [0.1, 0.15) is 25.0 Å². The van der Waals surface area contributed by atoms with Crippen LogP contribution < -0.4 is 9.80 Å². The summed E-state index contributed by atoms with van der Waals surface area (Å²) in [6, 6.07) is 94.0. The van der Waals surface area contributed by atoms with Crippen molar-refractivity contribution in [3.63, 3.8) is 0 Å². The average Bonchev–Trinajstić information content (AvgIpc) is 3.64. The lowest BCUT2D eigenvalue weighted by molar-refractivity contribution is 0.661. The first-order valence-electron chi connectivity index (χ1n) is 24.0. The van der Waals surface area contributed by atoms with Crippen LogP contribution in [0.2, 0.25) is 0 Å². The number of nitrogens with zero attached hydrogens (tertiary/aromatic N) is 2. The van der Waals surface area contributed by atoms with Gasteiger partial charge in [0.2, 0.25) is 0 Å². The van der Waals surface area contributed by atoms with Crippen molar-refractivity contribution in [1.29, 1.82) is 0 Å². The van der Waals surface area contributed by atoms with Crippen LogP contribution in [0.25, 0.3) is 76.5 Å². The predicted molar refractivity (Wildman–Crippen MR) is 294 cm³/mol. The zero-order valence-corrected chi connectivity index (χ0v) is 38.6. The SMILES string of the molecule is CC1(C)c2ccccc2-c2cc3c(N(c4ccc(-c5ccccc5)cc4)c4cccc5ccccc45)c4ccccc4c(N(c4ccc(-c5ccccc5)cc4)c4cccc5ccccc45)c3cc21. The van der Waals surface area contributed by atoms with E-state index in [-0.39, 0.29) is 5.41 Å². The molecule has 0 aliphatic heterocycles. The maximum atomic E-state index is 2.55. The average molecular weight is 881 g/mol. The third kappa shape index (κ3) is 6.63. The van der Waals surface area contributed by atoms with Gasteiger partial charge in [-0.25, -0.2) is 0 Å². The molecule has 12 aromatic carbocycles. The number of anilines is 6. The minimum Gasteiger partial charge on any atom is -0.309 e. The smallest absolute Gasteiger partial charge is 0.0620 e. The molecule has 0 amide bonds. The van der Waals surface area contributed by atoms with E-state index >= 15 is 0 Å². The molecule has 0 bridgehead atoms. The van der Waals surface area contributed by atoms with Crippen molar-refractivity contribution in [2.75, 3.05) is 9.80 Å². The molecule has 0 heterocycles. The van der Waals surface area contributed by atoms with E-state index in [0.29, 0.717) is 0 Å². The van der Waals surface area contributed by atoms with Crippen molar-refractivity contribution < 1.29 is 0 Å². The Morgan fingerprint density at radius 3 is 1.17 bits per heavy atom. The Morgan fingerprint density at radius 1 is 0.275 bits per heavy atom. The molecule has 0 atom stereocenters. The molecule has 13 rings (SSSR count). The Kier molecular flexibility index (Phi) is 9.55. The molecule has 0 N–H and O–H groups in total. The van der Waals surface area contributed by atoms with Crippen LogP contribution in [0.3, 0.4) is 0 Å². The molecule has 2 nitrogen and oxygen atoms in total. The molecule has 1 aliphatic carbocycles. The first-order valence-corrected chi connectivity index (χ1v) is 24.0. The molecule has 0 aromatic heterocycles. The molecule has 2 heteroatoms. The molecule has 0 saturated carbocycles. The monoisotopic (exact) mass is 880 g/mol. The highest BCUT2D eigenvalue weighted by Crippen LogP contribution is 2.57. The molecule has 0 fully saturated rings. The quantitative estimate of drug-likeness (QED) is 0.111. The van der Waals surface area contributed by atoms with Gasteiger partial charge in [-0.3, -0.25) is 0 Å². The second-order valence-corrected chi connectivity index (χ2v) is 18.8. The summed E-state index contributed by atoms with van der Waals surface area (Å²) in [5.41, 5.74) is 16.5. The van der Waals surface area contributed by atoms with Gasteiger partial charge in [-0.2, -0.15) is 0 Å². The summed E-state index contributed by atoms with van der Waals surface area (Å²) in [6.07, 6.45) is 0. The Hall–Kier alpha value is -8.72. The van der Waals surface area contributed by atoms with Crippen LogP contribution in [0.5, 0.6) is 0 Å². The summed E-state index contributed by atoms with van der Waals surface area (Å²) >= 11 is 0. The number of hydrogen-bond donors (Lipinski definition) is 0. The van der Waals surface area contributed by atoms with Crippen LogP contribution in [0, 0.1) is 0 Å². The van der Waals surface area contributed by atoms with E-state index in [0.717, 1.165) is 39.5 Å². The molecule has 0 spiro atoms. The number of fused-ring (bicyclic) bond motifs is 7. The number of hydrogen-bond acceptors (Lipinski definition) is 2. The van der Waals surface area contributed by atoms with Crippen molar-refractivity contribution in [1.82, 2.24) is 0 Å². The molecular formula is C67H48N2. The Bertz CT molecular complexity index is 3900. The summed E-state index contributed by atoms with van der Waals surface area (Å²) < 4.78 is 0. The minimum absolute atomic E-state index is 0.229. The lowest BCUT2D eigenvalue weighted by Crippen LogP contribution is -2.17. The van der Waals surface area contributed by atoms with E-state index in [1.54, 1.807) is 0 Å². The zero-order chi connectivity index (χ0) is 46.1. The fraction of sp³-hybridized carbons (Fsp3) is 0.0448. The maximum absolute atomic E-state index is 2.55. The normalized spacial score (nSPS) is 12.6. The molecular weight excluding hydrogens is 833 g/mol. The zero-order valence-electron chi connectivity index (χ0n) is 38.6. The summed E-state index contributed by atoms with van der Waals surface area (Å²) in [7, 11) is 0. The minimum atomic E-state index is -0.229. The highest BCUT2D eigenvalue weighted by Gasteiger charge is 2.37. The van der Waals surface area contributed by atoms with Gasteiger partial charge in [0.25, 0.3) is 0 Å². The van der Waals surface area contributed by atoms with Crippen molar-refractivity contribution in [3.8, 4) is 33.4 Å². The molecule has 326 valence electrons. The first-order chi connectivity index (χ1) is 34.0. The van der Waals surface area contributed by atoms with Crippen LogP contribution in [0.15, 0.2) is 255 Å². The second-order valence-electron chi connectivity index (χ2n) is 18.8. The van der Waals surface area contributed by atoms with Gasteiger partial charge in [0.15, 0.2) is 0 Å². The first kappa shape index (κ1) is 40.5. The van der Waals surface area contributed by atoms with Gasteiger partial charge in [0, 0.05) is 49.1 Å². The maximum Gasteiger partial charge on any atom is 0.0620 e. The highest BCUT2D eigenvalue weighted by atomic mass is 15.2. The van der Waals surface area contributed by atoms with E-state index in [1.165, 1.54) is 82.2 Å². The largest absolute Gasteiger partial charge is 0.309 e. The molecule has 12 aromatic rings. The summed E-state index contributed by atoms with van der Waals surface area (Å²) in [5.74, 6) is 0. The van der Waals surface area contributed by atoms with E-state index in [4.69, 9.17) is 0 Å². The van der Waals surface area contributed by atoms with Crippen LogP contribution in [0.4, 0.5) is 34.1 Å². The fourth-order valence-corrected chi connectivity index (χ4v) is 11.3. The summed E-state index contributed by atoms with van der Waals surface area (Å²) in [4.78, 5) is 5.09. The van der Waals surface area contributed by atoms with Crippen molar-refractivity contribution >= 4 is 77.2 Å². The summed E-state index contributed by atoms with van der Waals surface area (Å²) in [6.45, 7) is 4.79. The Morgan fingerprint density at radius 2 is 0.667 bits per heavy atom. The van der Waals surface area contributed by atoms with Crippen molar-refractivity contribution in [2.24, 2.45) is 0 Å². The van der Waals surface area contributed by atoms with E-state index < -0.39 is 0 Å². The predicted octanol–water partition coefficient (Wildman–Crippen LogP) is 18.9. The van der Waals surface area contributed by atoms with Crippen molar-refractivity contribution in [2.45, 2.75) is 19.3 Å². The third-order valence-electron chi connectivity index (χ3n) is 14.6. The Labute approximate surface area is 403 Å². The van der Waals surface area contributed by atoms with Crippen LogP contribution >= 0.6 is 0 Å². The number of rotatable bonds is 8. The molecule has 0 radical (unpaired) electrons. The number of benzene rings is 12. The van der Waals surface area contributed by atoms with Gasteiger partial charge in [0.1, 0.15) is 0 Å². The molecule has 0 saturated heterocycles. The van der Waals surface area contributed by atoms with Crippen molar-refractivity contribution in [3.05, 3.63) is 266 Å². The van der Waals surface area contributed by atoms with E-state index in [2.05, 4.69) is 278 Å².